The molecular formula is C20H20FN3O. The van der Waals surface area contributed by atoms with Gasteiger partial charge in [0.25, 0.3) is 5.91 Å². The van der Waals surface area contributed by atoms with E-state index in [1.165, 1.54) is 12.1 Å². The molecule has 5 heteroatoms. The van der Waals surface area contributed by atoms with Crippen LogP contribution in [-0.2, 0) is 7.05 Å². The van der Waals surface area contributed by atoms with Gasteiger partial charge in [-0.15, -0.1) is 0 Å². The molecule has 3 rings (SSSR count). The highest BCUT2D eigenvalue weighted by atomic mass is 19.1. The number of carbonyl (C=O) groups is 1. The number of hydrogen-bond acceptors (Lipinski definition) is 2. The molecule has 0 spiro atoms. The van der Waals surface area contributed by atoms with Crippen molar-refractivity contribution in [3.05, 3.63) is 88.8 Å². The molecule has 0 bridgehead atoms. The molecule has 0 aliphatic heterocycles. The minimum atomic E-state index is -0.464. The van der Waals surface area contributed by atoms with E-state index in [1.807, 2.05) is 49.9 Å². The van der Waals surface area contributed by atoms with Crippen LogP contribution in [0.4, 0.5) is 4.39 Å². The van der Waals surface area contributed by atoms with Crippen molar-refractivity contribution in [3.8, 4) is 0 Å². The summed E-state index contributed by atoms with van der Waals surface area (Å²) >= 11 is 0. The molecule has 0 saturated carbocycles. The van der Waals surface area contributed by atoms with E-state index in [2.05, 4.69) is 10.3 Å². The van der Waals surface area contributed by atoms with Crippen LogP contribution in [0.3, 0.4) is 0 Å². The molecule has 0 saturated heterocycles. The van der Waals surface area contributed by atoms with Crippen LogP contribution in [0.15, 0.2) is 54.9 Å². The first kappa shape index (κ1) is 16.9. The molecule has 128 valence electrons. The molecule has 0 fully saturated rings. The van der Waals surface area contributed by atoms with E-state index in [0.29, 0.717) is 11.4 Å². The molecule has 1 heterocycles. The largest absolute Gasteiger partial charge is 0.338 e. The lowest BCUT2D eigenvalue weighted by molar-refractivity contribution is 0.0940. The van der Waals surface area contributed by atoms with Gasteiger partial charge >= 0.3 is 0 Å². The summed E-state index contributed by atoms with van der Waals surface area (Å²) in [4.78, 5) is 17.2. The maximum atomic E-state index is 13.3. The van der Waals surface area contributed by atoms with E-state index in [4.69, 9.17) is 0 Å². The van der Waals surface area contributed by atoms with Crippen molar-refractivity contribution in [2.75, 3.05) is 0 Å². The van der Waals surface area contributed by atoms with Gasteiger partial charge in [-0.3, -0.25) is 4.79 Å². The molecule has 0 radical (unpaired) electrons. The fourth-order valence-corrected chi connectivity index (χ4v) is 2.88. The number of nitrogens with one attached hydrogen (secondary N) is 1. The number of aromatic nitrogens is 2. The number of amides is 1. The van der Waals surface area contributed by atoms with E-state index in [1.54, 1.807) is 18.3 Å². The molecule has 1 N–H and O–H groups in total. The third-order valence-electron chi connectivity index (χ3n) is 4.22. The average Bonchev–Trinajstić information content (AvgIpc) is 2.99. The van der Waals surface area contributed by atoms with Gasteiger partial charge in [0.05, 0.1) is 0 Å². The molecule has 3 aromatic rings. The Hall–Kier alpha value is -2.95. The third kappa shape index (κ3) is 3.60. The second-order valence-corrected chi connectivity index (χ2v) is 6.17. The Morgan fingerprint density at radius 3 is 2.48 bits per heavy atom. The molecular weight excluding hydrogens is 317 g/mol. The van der Waals surface area contributed by atoms with Crippen molar-refractivity contribution < 1.29 is 9.18 Å². The SMILES string of the molecule is Cc1ccc(C(=O)NC(c2ccc(F)cc2)c2nccn2C)c(C)c1. The van der Waals surface area contributed by atoms with Crippen molar-refractivity contribution in [1.82, 2.24) is 14.9 Å². The van der Waals surface area contributed by atoms with Crippen LogP contribution in [0.25, 0.3) is 0 Å². The quantitative estimate of drug-likeness (QED) is 0.789. The number of hydrogen-bond donors (Lipinski definition) is 1. The number of halogens is 1. The summed E-state index contributed by atoms with van der Waals surface area (Å²) < 4.78 is 15.1. The number of aryl methyl sites for hydroxylation is 3. The molecule has 1 atom stereocenters. The zero-order valence-electron chi connectivity index (χ0n) is 14.5. The van der Waals surface area contributed by atoms with Crippen LogP contribution in [0, 0.1) is 19.7 Å². The normalized spacial score (nSPS) is 12.0. The molecule has 1 aromatic heterocycles. The smallest absolute Gasteiger partial charge is 0.252 e. The second-order valence-electron chi connectivity index (χ2n) is 6.17. The van der Waals surface area contributed by atoms with E-state index in [9.17, 15) is 9.18 Å². The Labute approximate surface area is 146 Å². The van der Waals surface area contributed by atoms with Crippen LogP contribution in [-0.4, -0.2) is 15.5 Å². The van der Waals surface area contributed by atoms with E-state index in [0.717, 1.165) is 16.7 Å². The molecule has 2 aromatic carbocycles. The van der Waals surface area contributed by atoms with Gasteiger partial charge in [-0.25, -0.2) is 9.37 Å². The Bertz CT molecular complexity index is 900. The zero-order chi connectivity index (χ0) is 18.0. The highest BCUT2D eigenvalue weighted by Gasteiger charge is 2.22. The van der Waals surface area contributed by atoms with Crippen molar-refractivity contribution >= 4 is 5.91 Å². The van der Waals surface area contributed by atoms with Gasteiger partial charge in [-0.05, 0) is 43.2 Å². The summed E-state index contributed by atoms with van der Waals surface area (Å²) in [7, 11) is 1.86. The number of carbonyl (C=O) groups excluding carboxylic acids is 1. The van der Waals surface area contributed by atoms with Gasteiger partial charge in [-0.2, -0.15) is 0 Å². The maximum Gasteiger partial charge on any atom is 0.252 e. The summed E-state index contributed by atoms with van der Waals surface area (Å²) in [5.41, 5.74) is 3.41. The lowest BCUT2D eigenvalue weighted by Crippen LogP contribution is -2.31. The summed E-state index contributed by atoms with van der Waals surface area (Å²) in [6.07, 6.45) is 3.49. The van der Waals surface area contributed by atoms with Crippen LogP contribution in [0.1, 0.15) is 38.9 Å². The fourth-order valence-electron chi connectivity index (χ4n) is 2.88. The zero-order valence-corrected chi connectivity index (χ0v) is 14.5. The van der Waals surface area contributed by atoms with Gasteiger partial charge in [-0.1, -0.05) is 29.8 Å². The summed E-state index contributed by atoms with van der Waals surface area (Å²) in [5.74, 6) is 0.183. The lowest BCUT2D eigenvalue weighted by Gasteiger charge is -2.20. The molecule has 1 unspecified atom stereocenters. The average molecular weight is 337 g/mol. The van der Waals surface area contributed by atoms with E-state index in [-0.39, 0.29) is 11.7 Å². The van der Waals surface area contributed by atoms with Crippen molar-refractivity contribution in [3.63, 3.8) is 0 Å². The van der Waals surface area contributed by atoms with Gasteiger partial charge in [0, 0.05) is 25.0 Å². The van der Waals surface area contributed by atoms with E-state index >= 15 is 0 Å². The highest BCUT2D eigenvalue weighted by molar-refractivity contribution is 5.96. The van der Waals surface area contributed by atoms with Gasteiger partial charge in [0.2, 0.25) is 0 Å². The Kier molecular flexibility index (Phi) is 4.65. The van der Waals surface area contributed by atoms with Crippen molar-refractivity contribution in [2.45, 2.75) is 19.9 Å². The molecule has 25 heavy (non-hydrogen) atoms. The summed E-state index contributed by atoms with van der Waals surface area (Å²) in [5, 5.41) is 3.03. The van der Waals surface area contributed by atoms with Gasteiger partial charge in [0.1, 0.15) is 17.7 Å². The first-order chi connectivity index (χ1) is 12.0. The minimum absolute atomic E-state index is 0.185. The third-order valence-corrected chi connectivity index (χ3v) is 4.22. The van der Waals surface area contributed by atoms with Crippen molar-refractivity contribution in [1.29, 1.82) is 0 Å². The molecule has 1 amide bonds. The highest BCUT2D eigenvalue weighted by Crippen LogP contribution is 2.22. The number of benzene rings is 2. The fraction of sp³-hybridized carbons (Fsp3) is 0.200. The summed E-state index contributed by atoms with van der Waals surface area (Å²) in [6, 6.07) is 11.3. The first-order valence-electron chi connectivity index (χ1n) is 8.06. The van der Waals surface area contributed by atoms with Gasteiger partial charge in [0.15, 0.2) is 0 Å². The van der Waals surface area contributed by atoms with Crippen LogP contribution in [0.2, 0.25) is 0 Å². The van der Waals surface area contributed by atoms with Crippen LogP contribution in [0.5, 0.6) is 0 Å². The predicted octanol–water partition coefficient (Wildman–Crippen LogP) is 3.70. The molecule has 0 aliphatic carbocycles. The Morgan fingerprint density at radius 1 is 1.16 bits per heavy atom. The maximum absolute atomic E-state index is 13.3. The number of rotatable bonds is 4. The Balaban J connectivity index is 1.96. The monoisotopic (exact) mass is 337 g/mol. The first-order valence-corrected chi connectivity index (χ1v) is 8.06. The van der Waals surface area contributed by atoms with Gasteiger partial charge < -0.3 is 9.88 Å². The number of imidazole rings is 1. The van der Waals surface area contributed by atoms with E-state index < -0.39 is 6.04 Å². The topological polar surface area (TPSA) is 46.9 Å². The molecule has 0 aliphatic rings. The molecule has 4 nitrogen and oxygen atoms in total. The predicted molar refractivity (Wildman–Crippen MR) is 94.8 cm³/mol. The van der Waals surface area contributed by atoms with Crippen LogP contribution >= 0.6 is 0 Å². The number of nitrogens with zero attached hydrogens (tertiary/aromatic N) is 2. The standard InChI is InChI=1S/C20H20FN3O/c1-13-4-9-17(14(2)12-13)20(25)23-18(19-22-10-11-24(19)3)15-5-7-16(21)8-6-15/h4-12,18H,1-3H3,(H,23,25). The summed E-state index contributed by atoms with van der Waals surface area (Å²) in [6.45, 7) is 3.90. The minimum Gasteiger partial charge on any atom is -0.338 e. The Morgan fingerprint density at radius 2 is 1.88 bits per heavy atom. The van der Waals surface area contributed by atoms with Crippen molar-refractivity contribution in [2.24, 2.45) is 7.05 Å². The van der Waals surface area contributed by atoms with Crippen LogP contribution < -0.4 is 5.32 Å². The second kappa shape index (κ2) is 6.89. The lowest BCUT2D eigenvalue weighted by atomic mass is 10.0.